The van der Waals surface area contributed by atoms with Gasteiger partial charge in [-0.05, 0) is 40.4 Å². The molecule has 32 heavy (non-hydrogen) atoms. The van der Waals surface area contributed by atoms with Gasteiger partial charge in [-0.1, -0.05) is 73.4 Å². The Labute approximate surface area is 187 Å². The molecule has 184 valence electrons. The molecule has 3 nitrogen and oxygen atoms in total. The van der Waals surface area contributed by atoms with Gasteiger partial charge in [0.1, 0.15) is 5.75 Å². The van der Waals surface area contributed by atoms with E-state index in [2.05, 4.69) is 53.2 Å². The highest BCUT2D eigenvalue weighted by Gasteiger charge is 2.58. The minimum absolute atomic E-state index is 0.00463. The summed E-state index contributed by atoms with van der Waals surface area (Å²) in [5.74, 6) is -6.12. The standard InChI is InChI=1S/C24H35F5O3/c1-8-20(3,4)15-22(7,21(5,6)9-2)17-10-12-18(13-11-17)31-14-19(30)32-16-23(25,26)24(27,28)29/h10-13H,8-9,14-16H2,1-7H3. The average Bonchev–Trinajstić information content (AvgIpc) is 2.69. The second kappa shape index (κ2) is 9.96. The summed E-state index contributed by atoms with van der Waals surface area (Å²) in [7, 11) is 0. The summed E-state index contributed by atoms with van der Waals surface area (Å²) in [5.41, 5.74) is 1.07. The lowest BCUT2D eigenvalue weighted by molar-refractivity contribution is -0.294. The number of esters is 1. The van der Waals surface area contributed by atoms with Crippen LogP contribution in [0, 0.1) is 10.8 Å². The normalized spacial score (nSPS) is 15.2. The monoisotopic (exact) mass is 466 g/mol. The Kier molecular flexibility index (Phi) is 8.77. The Morgan fingerprint density at radius 2 is 1.41 bits per heavy atom. The Bertz CT molecular complexity index is 754. The molecule has 0 radical (unpaired) electrons. The molecule has 1 aromatic carbocycles. The van der Waals surface area contributed by atoms with Gasteiger partial charge in [0.2, 0.25) is 0 Å². The van der Waals surface area contributed by atoms with Crippen LogP contribution in [0.2, 0.25) is 0 Å². The summed E-state index contributed by atoms with van der Waals surface area (Å²) in [6.45, 7) is 12.7. The molecule has 0 spiro atoms. The van der Waals surface area contributed by atoms with Crippen molar-refractivity contribution in [2.75, 3.05) is 13.2 Å². The highest BCUT2D eigenvalue weighted by Crippen LogP contribution is 2.51. The zero-order chi connectivity index (χ0) is 25.0. The fraction of sp³-hybridized carbons (Fsp3) is 0.708. The third-order valence-corrected chi connectivity index (χ3v) is 6.84. The molecule has 0 amide bonds. The maximum Gasteiger partial charge on any atom is 0.456 e. The molecule has 0 aliphatic carbocycles. The number of carbonyl (C=O) groups excluding carboxylic acids is 1. The maximum atomic E-state index is 12.8. The van der Waals surface area contributed by atoms with Crippen molar-refractivity contribution in [3.05, 3.63) is 29.8 Å². The van der Waals surface area contributed by atoms with Crippen molar-refractivity contribution in [2.45, 2.75) is 85.2 Å². The molecular formula is C24H35F5O3. The second-order valence-corrected chi connectivity index (χ2v) is 9.94. The van der Waals surface area contributed by atoms with E-state index < -0.39 is 31.3 Å². The van der Waals surface area contributed by atoms with Gasteiger partial charge in [0.15, 0.2) is 13.2 Å². The van der Waals surface area contributed by atoms with E-state index in [1.807, 2.05) is 12.1 Å². The summed E-state index contributed by atoms with van der Waals surface area (Å²) in [4.78, 5) is 11.5. The highest BCUT2D eigenvalue weighted by molar-refractivity contribution is 5.71. The van der Waals surface area contributed by atoms with E-state index in [-0.39, 0.29) is 16.2 Å². The predicted molar refractivity (Wildman–Crippen MR) is 114 cm³/mol. The van der Waals surface area contributed by atoms with Crippen LogP contribution >= 0.6 is 0 Å². The number of hydrogen-bond donors (Lipinski definition) is 0. The van der Waals surface area contributed by atoms with E-state index in [0.717, 1.165) is 24.8 Å². The van der Waals surface area contributed by atoms with Gasteiger partial charge in [-0.25, -0.2) is 4.79 Å². The van der Waals surface area contributed by atoms with Gasteiger partial charge in [0.25, 0.3) is 0 Å². The lowest BCUT2D eigenvalue weighted by Gasteiger charge is -2.48. The molecule has 0 N–H and O–H groups in total. The molecule has 1 atom stereocenters. The summed E-state index contributed by atoms with van der Waals surface area (Å²) in [5, 5.41) is 0. The van der Waals surface area contributed by atoms with Crippen LogP contribution < -0.4 is 4.74 Å². The van der Waals surface area contributed by atoms with Crippen LogP contribution in [0.25, 0.3) is 0 Å². The highest BCUT2D eigenvalue weighted by atomic mass is 19.4. The van der Waals surface area contributed by atoms with E-state index in [4.69, 9.17) is 4.74 Å². The smallest absolute Gasteiger partial charge is 0.456 e. The fourth-order valence-electron chi connectivity index (χ4n) is 3.56. The first-order valence-electron chi connectivity index (χ1n) is 10.7. The first kappa shape index (κ1) is 28.2. The van der Waals surface area contributed by atoms with Gasteiger partial charge >= 0.3 is 18.1 Å². The van der Waals surface area contributed by atoms with Crippen molar-refractivity contribution in [1.29, 1.82) is 0 Å². The SMILES string of the molecule is CCC(C)(C)CC(C)(c1ccc(OCC(=O)OCC(F)(F)C(F)(F)F)cc1)C(C)(C)CC. The van der Waals surface area contributed by atoms with Gasteiger partial charge < -0.3 is 9.47 Å². The number of rotatable bonds is 11. The van der Waals surface area contributed by atoms with Crippen molar-refractivity contribution in [3.8, 4) is 5.75 Å². The third kappa shape index (κ3) is 6.82. The minimum atomic E-state index is -5.78. The summed E-state index contributed by atoms with van der Waals surface area (Å²) >= 11 is 0. The maximum absolute atomic E-state index is 12.8. The molecule has 8 heteroatoms. The summed E-state index contributed by atoms with van der Waals surface area (Å²) < 4.78 is 71.3. The topological polar surface area (TPSA) is 35.5 Å². The molecule has 0 bridgehead atoms. The van der Waals surface area contributed by atoms with E-state index in [0.29, 0.717) is 5.75 Å². The van der Waals surface area contributed by atoms with E-state index in [1.54, 1.807) is 12.1 Å². The van der Waals surface area contributed by atoms with Crippen LogP contribution in [0.15, 0.2) is 24.3 Å². The summed E-state index contributed by atoms with van der Waals surface area (Å²) in [6.07, 6.45) is -2.83. The van der Waals surface area contributed by atoms with Crippen LogP contribution in [0.3, 0.4) is 0 Å². The van der Waals surface area contributed by atoms with Crippen molar-refractivity contribution in [1.82, 2.24) is 0 Å². The lowest BCUT2D eigenvalue weighted by Crippen LogP contribution is -2.42. The Balaban J connectivity index is 2.89. The van der Waals surface area contributed by atoms with Gasteiger partial charge in [0, 0.05) is 0 Å². The number of carbonyl (C=O) groups is 1. The molecule has 0 aromatic heterocycles. The Morgan fingerprint density at radius 1 is 0.875 bits per heavy atom. The predicted octanol–water partition coefficient (Wildman–Crippen LogP) is 7.33. The third-order valence-electron chi connectivity index (χ3n) is 6.84. The average molecular weight is 467 g/mol. The molecule has 1 rings (SSSR count). The van der Waals surface area contributed by atoms with Gasteiger partial charge in [-0.2, -0.15) is 22.0 Å². The van der Waals surface area contributed by atoms with Crippen LogP contribution in [-0.2, 0) is 14.9 Å². The molecular weight excluding hydrogens is 431 g/mol. The Morgan fingerprint density at radius 3 is 1.84 bits per heavy atom. The van der Waals surface area contributed by atoms with Crippen molar-refractivity contribution >= 4 is 5.97 Å². The molecule has 0 fully saturated rings. The zero-order valence-corrected chi connectivity index (χ0v) is 20.0. The molecule has 0 saturated heterocycles. The van der Waals surface area contributed by atoms with Crippen LogP contribution in [0.5, 0.6) is 5.75 Å². The first-order chi connectivity index (χ1) is 14.4. The fourth-order valence-corrected chi connectivity index (χ4v) is 3.56. The molecule has 0 heterocycles. The minimum Gasteiger partial charge on any atom is -0.482 e. The van der Waals surface area contributed by atoms with Crippen molar-refractivity contribution < 1.29 is 36.2 Å². The first-order valence-corrected chi connectivity index (χ1v) is 10.7. The van der Waals surface area contributed by atoms with Crippen molar-refractivity contribution in [2.24, 2.45) is 10.8 Å². The molecule has 0 aliphatic rings. The molecule has 1 unspecified atom stereocenters. The van der Waals surface area contributed by atoms with Crippen LogP contribution in [-0.4, -0.2) is 31.3 Å². The molecule has 1 aromatic rings. The van der Waals surface area contributed by atoms with E-state index in [1.165, 1.54) is 0 Å². The quantitative estimate of drug-likeness (QED) is 0.253. The number of hydrogen-bond acceptors (Lipinski definition) is 3. The van der Waals surface area contributed by atoms with Gasteiger partial charge in [0.05, 0.1) is 0 Å². The molecule has 0 saturated carbocycles. The molecule has 0 aliphatic heterocycles. The largest absolute Gasteiger partial charge is 0.482 e. The number of benzene rings is 1. The Hall–Kier alpha value is -1.86. The number of alkyl halides is 5. The van der Waals surface area contributed by atoms with E-state index in [9.17, 15) is 26.7 Å². The van der Waals surface area contributed by atoms with Crippen LogP contribution in [0.1, 0.15) is 73.3 Å². The van der Waals surface area contributed by atoms with E-state index >= 15 is 0 Å². The lowest BCUT2D eigenvalue weighted by atomic mass is 9.56. The number of halogens is 5. The van der Waals surface area contributed by atoms with Crippen molar-refractivity contribution in [3.63, 3.8) is 0 Å². The summed E-state index contributed by atoms with van der Waals surface area (Å²) in [6, 6.07) is 7.13. The van der Waals surface area contributed by atoms with Gasteiger partial charge in [-0.3, -0.25) is 0 Å². The second-order valence-electron chi connectivity index (χ2n) is 9.94. The van der Waals surface area contributed by atoms with Crippen LogP contribution in [0.4, 0.5) is 22.0 Å². The zero-order valence-electron chi connectivity index (χ0n) is 20.0. The number of ether oxygens (including phenoxy) is 2. The van der Waals surface area contributed by atoms with Gasteiger partial charge in [-0.15, -0.1) is 0 Å².